The van der Waals surface area contributed by atoms with Crippen LogP contribution in [0.3, 0.4) is 0 Å². The maximum atomic E-state index is 13.0. The number of hydrogen-bond acceptors (Lipinski definition) is 41. The summed E-state index contributed by atoms with van der Waals surface area (Å²) in [5.74, 6) is 20.5. The van der Waals surface area contributed by atoms with Crippen LogP contribution in [0.25, 0.3) is 44.7 Å². The van der Waals surface area contributed by atoms with Gasteiger partial charge >= 0.3 is 24.4 Å². The minimum absolute atomic E-state index is 0.00751. The lowest BCUT2D eigenvalue weighted by Crippen LogP contribution is -2.43. The molecule has 53 nitrogen and oxygen atoms in total. The molecule has 3 aromatic carbocycles. The van der Waals surface area contributed by atoms with E-state index in [1.807, 2.05) is 36.4 Å². The van der Waals surface area contributed by atoms with Crippen molar-refractivity contribution in [3.05, 3.63) is 145 Å². The fourth-order valence-corrected chi connectivity index (χ4v) is 15.0. The molecule has 4 saturated heterocycles. The number of aliphatic hydroxyl groups is 8. The first kappa shape index (κ1) is 105. The largest absolute Gasteiger partial charge is 0.453 e. The van der Waals surface area contributed by atoms with Gasteiger partial charge in [0.25, 0.3) is 23.6 Å². The van der Waals surface area contributed by atoms with Crippen LogP contribution in [0.5, 0.6) is 11.5 Å². The predicted octanol–water partition coefficient (Wildman–Crippen LogP) is -1.98. The smallest absolute Gasteiger partial charge is 0.415 e. The third-order valence-electron chi connectivity index (χ3n) is 23.6. The number of hydrogen-bond donors (Lipinski definition) is 16. The second-order valence-electron chi connectivity index (χ2n) is 35.1. The molecule has 8 amide bonds. The van der Waals surface area contributed by atoms with Crippen LogP contribution in [0.15, 0.2) is 110 Å². The Morgan fingerprint density at radius 1 is 0.378 bits per heavy atom. The summed E-state index contributed by atoms with van der Waals surface area (Å²) in [6.45, 7) is 0.852. The number of methoxy groups -OCH3 is 1. The van der Waals surface area contributed by atoms with E-state index >= 15 is 0 Å². The maximum absolute atomic E-state index is 13.0. The van der Waals surface area contributed by atoms with Gasteiger partial charge in [-0.05, 0) is 117 Å². The quantitative estimate of drug-likeness (QED) is 0.0244. The Hall–Kier alpha value is -16.3. The average molecular weight is 2040 g/mol. The predicted molar refractivity (Wildman–Crippen MR) is 510 cm³/mol. The molecule has 148 heavy (non-hydrogen) atoms. The number of aromatic nitrogens is 16. The summed E-state index contributed by atoms with van der Waals surface area (Å²) in [5.41, 5.74) is 26.8. The molecule has 8 fully saturated rings. The highest BCUT2D eigenvalue weighted by Gasteiger charge is 2.53. The summed E-state index contributed by atoms with van der Waals surface area (Å²) in [4.78, 5) is 153. The van der Waals surface area contributed by atoms with Gasteiger partial charge in [0, 0.05) is 52.4 Å². The number of nitrogen functional groups attached to an aromatic ring is 4. The van der Waals surface area contributed by atoms with Crippen LogP contribution < -0.4 is 53.7 Å². The van der Waals surface area contributed by atoms with Gasteiger partial charge in [-0.3, -0.25) is 47.2 Å². The number of para-hydroxylation sites is 1. The van der Waals surface area contributed by atoms with Gasteiger partial charge in [0.05, 0.1) is 71.8 Å². The van der Waals surface area contributed by atoms with Crippen LogP contribution in [-0.4, -0.2) is 359 Å². The summed E-state index contributed by atoms with van der Waals surface area (Å²) in [6.07, 6.45) is -11.1. The van der Waals surface area contributed by atoms with E-state index < -0.39 is 152 Å². The standard InChI is InChI=1S/C27H31N7O7.C24H24FN7O6.C24H25N7O6.C19H23N7O6/c1-33(27(38)40-13-12-39-14-16-6-3-2-4-7-16)11-5-8-18-31-23(28)19-24(32-18)34(15-29-19)26-21(36)20(35)22(41-26)25(37)30-17-9-10-17;1-31(24(36)37-14-8-4-12(25)5-9-14)10-2-3-15-29-20(26)16-21(30-15)32(11-27-16)23-18(34)17(33)19(38-23)22(35)28-13-6-7-13;1-30(24(35)36-14-6-3-2-4-7-14)11-5-8-15-28-20(25)16-21(29-15)31(12-26-16)23-18(33)17(32)19(37-23)22(34)27-13-9-10-13;1-25(19(30)31-2)7-3-4-10-23-15(20)11-16(24-10)26(8-21-11)18-13(28)12(27)14(32-18)17(29)22-9-5-6-9/h2-4,6-7,15,17,20-22,26,35-36H,9-14H2,1H3,(H,30,37)(H2,28,31,32);4-5,8-9,11,13,17-19,23,33-34H,6-7,10H2,1H3,(H,28,35)(H2,26,29,30);2-4,6-7,12-13,17-19,23,32-33H,9-11H2,1H3,(H,27,34)(H2,25,28,29);8-9,12-14,18,27-28H,5-7H2,1-2H3,(H,22,29)(H2,20,23,24)/t20?,21-,22-,26+;2*17?,18-,19-,23+;12?,13-,14-,18+/m0000/s1. The van der Waals surface area contributed by atoms with E-state index in [0.29, 0.717) is 12.4 Å². The van der Waals surface area contributed by atoms with Crippen molar-refractivity contribution >= 4 is 116 Å². The maximum Gasteiger partial charge on any atom is 0.415 e. The molecule has 12 heterocycles. The fraction of sp³-hybridized carbons (Fsp3) is 0.426. The van der Waals surface area contributed by atoms with Crippen LogP contribution in [0.1, 0.15) is 105 Å². The lowest BCUT2D eigenvalue weighted by atomic mass is 10.1. The van der Waals surface area contributed by atoms with Crippen molar-refractivity contribution in [2.75, 3.05) is 97.6 Å². The molecule has 0 spiro atoms. The number of carbonyl (C=O) groups is 8. The highest BCUT2D eigenvalue weighted by molar-refractivity contribution is 5.88. The number of aliphatic hydroxyl groups excluding tert-OH is 8. The summed E-state index contributed by atoms with van der Waals surface area (Å²) < 4.78 is 67.0. The van der Waals surface area contributed by atoms with E-state index in [1.54, 1.807) is 24.3 Å². The number of rotatable bonds is 23. The number of ether oxygens (including phenoxy) is 9. The molecule has 20 N–H and O–H groups in total. The lowest BCUT2D eigenvalue weighted by Gasteiger charge is -2.16. The zero-order chi connectivity index (χ0) is 105. The Balaban J connectivity index is 0.000000141. The van der Waals surface area contributed by atoms with E-state index in [4.69, 9.17) is 60.8 Å². The first-order valence-corrected chi connectivity index (χ1v) is 46.3. The number of carbonyl (C=O) groups excluding carboxylic acids is 8. The van der Waals surface area contributed by atoms with Crippen molar-refractivity contribution in [3.8, 4) is 58.9 Å². The summed E-state index contributed by atoms with van der Waals surface area (Å²) in [6, 6.07) is 23.6. The van der Waals surface area contributed by atoms with Crippen molar-refractivity contribution in [2.24, 2.45) is 0 Å². The minimum Gasteiger partial charge on any atom is -0.453 e. The number of imidazole rings is 4. The normalized spacial score (nSPS) is 22.8. The van der Waals surface area contributed by atoms with Crippen LogP contribution in [0.2, 0.25) is 0 Å². The van der Waals surface area contributed by atoms with Gasteiger partial charge in [0.15, 0.2) is 95.2 Å². The molecule has 0 bridgehead atoms. The molecule has 8 aromatic heterocycles. The van der Waals surface area contributed by atoms with Gasteiger partial charge in [-0.2, -0.15) is 0 Å². The number of nitrogens with one attached hydrogen (secondary N) is 4. The van der Waals surface area contributed by atoms with Crippen molar-refractivity contribution in [3.63, 3.8) is 0 Å². The van der Waals surface area contributed by atoms with Crippen molar-refractivity contribution < 1.29 is 126 Å². The molecule has 0 radical (unpaired) electrons. The molecule has 776 valence electrons. The highest BCUT2D eigenvalue weighted by atomic mass is 19.1. The Bertz CT molecular complexity index is 7010. The summed E-state index contributed by atoms with van der Waals surface area (Å²) in [7, 11) is 7.33. The zero-order valence-corrected chi connectivity index (χ0v) is 79.7. The van der Waals surface area contributed by atoms with Gasteiger partial charge in [-0.15, -0.1) is 0 Å². The monoisotopic (exact) mass is 2040 g/mol. The molecule has 4 saturated carbocycles. The Kier molecular flexibility index (Phi) is 32.7. The number of fused-ring (bicyclic) bond motifs is 4. The van der Waals surface area contributed by atoms with Crippen molar-refractivity contribution in [2.45, 2.75) is 180 Å². The topological polar surface area (TPSA) is 721 Å². The zero-order valence-electron chi connectivity index (χ0n) is 79.7. The van der Waals surface area contributed by atoms with E-state index in [0.717, 1.165) is 56.9 Å². The van der Waals surface area contributed by atoms with E-state index in [-0.39, 0.29) is 161 Å². The fourth-order valence-electron chi connectivity index (χ4n) is 15.0. The molecular weight excluding hydrogens is 1940 g/mol. The van der Waals surface area contributed by atoms with Crippen LogP contribution in [0, 0.1) is 53.2 Å². The third kappa shape index (κ3) is 25.2. The van der Waals surface area contributed by atoms with Gasteiger partial charge in [-0.25, -0.2) is 83.4 Å². The molecule has 8 aliphatic rings. The van der Waals surface area contributed by atoms with Gasteiger partial charge in [0.1, 0.15) is 94.8 Å². The first-order valence-electron chi connectivity index (χ1n) is 46.3. The number of anilines is 4. The Morgan fingerprint density at radius 3 is 0.946 bits per heavy atom. The summed E-state index contributed by atoms with van der Waals surface area (Å²) in [5, 5.41) is 95.0. The first-order chi connectivity index (χ1) is 71.1. The average Bonchev–Trinajstić information content (AvgIpc) is 1.62. The number of nitrogens with zero attached hydrogens (tertiary/aromatic N) is 20. The van der Waals surface area contributed by atoms with Crippen LogP contribution in [-0.2, 0) is 58.9 Å². The molecular formula is C94H103FN28O25. The molecule has 4 aliphatic carbocycles. The molecule has 16 atom stereocenters. The van der Waals surface area contributed by atoms with E-state index in [1.165, 1.54) is 123 Å². The Labute approximate surface area is 839 Å². The lowest BCUT2D eigenvalue weighted by molar-refractivity contribution is -0.138. The molecule has 4 aliphatic heterocycles. The van der Waals surface area contributed by atoms with Crippen molar-refractivity contribution in [1.29, 1.82) is 0 Å². The van der Waals surface area contributed by atoms with Gasteiger partial charge in [-0.1, -0.05) is 72.2 Å². The molecule has 19 rings (SSSR count). The van der Waals surface area contributed by atoms with Gasteiger partial charge < -0.3 is 137 Å². The SMILES string of the molecule is CN(CC#Cc1nc(N)c2ncn([C@@H]3O[C@H](C(=O)NC4CC4)C(O)[C@@H]3O)c2n1)C(=O)OCCOCc1ccccc1.CN(CC#Cc1nc(N)c2ncn([C@@H]3O[C@H](C(=O)NC4CC4)C(O)[C@@H]3O)c2n1)C(=O)Oc1ccc(F)cc1.CN(CC#Cc1nc(N)c2ncn([C@@H]3O[C@H](C(=O)NC4CC4)C(O)[C@@H]3O)c2n1)C(=O)Oc1ccccc1.COC(=O)N(C)CC#Cc1nc(N)c2ncn([C@@H]3O[C@H](C(=O)NC4CC4)C(O)[C@@H]3O)c2n1. The molecule has 54 heteroatoms. The number of benzene rings is 3. The second-order valence-corrected chi connectivity index (χ2v) is 35.1. The van der Waals surface area contributed by atoms with Crippen LogP contribution >= 0.6 is 0 Å². The van der Waals surface area contributed by atoms with E-state index in [2.05, 4.69) is 133 Å². The molecule has 11 aromatic rings. The van der Waals surface area contributed by atoms with Crippen molar-refractivity contribution in [1.82, 2.24) is 119 Å². The highest BCUT2D eigenvalue weighted by Crippen LogP contribution is 2.39. The van der Waals surface area contributed by atoms with E-state index in [9.17, 15) is 83.6 Å². The second kappa shape index (κ2) is 46.4. The van der Waals surface area contributed by atoms with Gasteiger partial charge in [0.2, 0.25) is 23.3 Å². The summed E-state index contributed by atoms with van der Waals surface area (Å²) >= 11 is 0. The third-order valence-corrected chi connectivity index (χ3v) is 23.6. The number of nitrogens with two attached hydrogens (primary N) is 4. The number of halogens is 1. The molecule has 4 unspecified atom stereocenters. The minimum atomic E-state index is -1.46. The van der Waals surface area contributed by atoms with Crippen LogP contribution in [0.4, 0.5) is 46.8 Å². The number of amides is 8. The Morgan fingerprint density at radius 2 is 0.655 bits per heavy atom.